The molecule has 0 aromatic rings. The third-order valence-corrected chi connectivity index (χ3v) is 4.74. The average Bonchev–Trinajstić information content (AvgIpc) is 2.86. The molecule has 1 N–H and O–H groups in total. The molecule has 2 rings (SSSR count). The first-order valence-corrected chi connectivity index (χ1v) is 8.79. The molecule has 0 aromatic heterocycles. The van der Waals surface area contributed by atoms with Crippen LogP contribution in [-0.4, -0.2) is 74.9 Å². The monoisotopic (exact) mass is 297 g/mol. The van der Waals surface area contributed by atoms with Crippen molar-refractivity contribution in [3.05, 3.63) is 0 Å². The average molecular weight is 297 g/mol. The first-order valence-electron chi connectivity index (χ1n) is 8.79. The van der Waals surface area contributed by atoms with Gasteiger partial charge in [0.05, 0.1) is 12.2 Å². The minimum Gasteiger partial charge on any atom is -0.372 e. The molecule has 0 aromatic carbocycles. The van der Waals surface area contributed by atoms with Crippen molar-refractivity contribution in [1.82, 2.24) is 15.1 Å². The Labute approximate surface area is 131 Å². The summed E-state index contributed by atoms with van der Waals surface area (Å²) in [5, 5.41) is 3.49. The number of nitrogens with one attached hydrogen (secondary N) is 1. The molecule has 2 atom stereocenters. The van der Waals surface area contributed by atoms with E-state index in [0.717, 1.165) is 19.0 Å². The summed E-state index contributed by atoms with van der Waals surface area (Å²) >= 11 is 0. The summed E-state index contributed by atoms with van der Waals surface area (Å²) in [5.74, 6) is 0.892. The minimum absolute atomic E-state index is 0.434. The maximum atomic E-state index is 6.19. The van der Waals surface area contributed by atoms with Gasteiger partial charge in [-0.2, -0.15) is 0 Å². The normalized spacial score (nSPS) is 28.9. The molecule has 2 fully saturated rings. The molecule has 2 saturated heterocycles. The van der Waals surface area contributed by atoms with E-state index in [1.165, 1.54) is 45.3 Å². The van der Waals surface area contributed by atoms with Gasteiger partial charge in [-0.15, -0.1) is 0 Å². The molecule has 0 saturated carbocycles. The summed E-state index contributed by atoms with van der Waals surface area (Å²) in [6.07, 6.45) is 6.06. The molecular weight excluding hydrogens is 262 g/mol. The minimum atomic E-state index is 0.434. The lowest BCUT2D eigenvalue weighted by Crippen LogP contribution is -2.41. The van der Waals surface area contributed by atoms with E-state index < -0.39 is 0 Å². The van der Waals surface area contributed by atoms with Crippen LogP contribution in [0, 0.1) is 5.92 Å². The number of hydrogen-bond donors (Lipinski definition) is 1. The Morgan fingerprint density at radius 1 is 1.10 bits per heavy atom. The van der Waals surface area contributed by atoms with Gasteiger partial charge in [0, 0.05) is 25.7 Å². The maximum Gasteiger partial charge on any atom is 0.0707 e. The molecule has 2 aliphatic heterocycles. The Kier molecular flexibility index (Phi) is 6.93. The first kappa shape index (κ1) is 17.2. The van der Waals surface area contributed by atoms with Crippen molar-refractivity contribution >= 4 is 0 Å². The first-order chi connectivity index (χ1) is 10.0. The molecule has 2 aliphatic rings. The second-order valence-electron chi connectivity index (χ2n) is 7.53. The molecule has 0 amide bonds. The molecule has 0 spiro atoms. The highest BCUT2D eigenvalue weighted by Crippen LogP contribution is 2.23. The van der Waals surface area contributed by atoms with Crippen molar-refractivity contribution in [2.45, 2.75) is 57.8 Å². The predicted molar refractivity (Wildman–Crippen MR) is 88.8 cm³/mol. The fourth-order valence-corrected chi connectivity index (χ4v) is 3.59. The standard InChI is InChI=1S/C17H35N3O/c1-14(2)18-11-16-5-6-17(21-16)13-20-9-7-15(8-10-20)12-19(3)4/h14-18H,5-13H2,1-4H3. The number of rotatable bonds is 7. The predicted octanol–water partition coefficient (Wildman–Crippen LogP) is 1.81. The highest BCUT2D eigenvalue weighted by atomic mass is 16.5. The zero-order chi connectivity index (χ0) is 15.2. The van der Waals surface area contributed by atoms with Crippen LogP contribution in [0.4, 0.5) is 0 Å². The van der Waals surface area contributed by atoms with Gasteiger partial charge < -0.3 is 19.9 Å². The van der Waals surface area contributed by atoms with Crippen LogP contribution in [0.2, 0.25) is 0 Å². The largest absolute Gasteiger partial charge is 0.372 e. The van der Waals surface area contributed by atoms with Gasteiger partial charge in [0.15, 0.2) is 0 Å². The molecule has 124 valence electrons. The summed E-state index contributed by atoms with van der Waals surface area (Å²) in [4.78, 5) is 4.95. The summed E-state index contributed by atoms with van der Waals surface area (Å²) in [6, 6.07) is 0.559. The Morgan fingerprint density at radius 2 is 1.76 bits per heavy atom. The molecule has 4 nitrogen and oxygen atoms in total. The van der Waals surface area contributed by atoms with Crippen LogP contribution in [-0.2, 0) is 4.74 Å². The van der Waals surface area contributed by atoms with Crippen LogP contribution < -0.4 is 5.32 Å². The lowest BCUT2D eigenvalue weighted by atomic mass is 9.96. The summed E-state index contributed by atoms with van der Waals surface area (Å²) in [7, 11) is 4.37. The van der Waals surface area contributed by atoms with Gasteiger partial charge in [-0.3, -0.25) is 0 Å². The van der Waals surface area contributed by atoms with Gasteiger partial charge >= 0.3 is 0 Å². The summed E-state index contributed by atoms with van der Waals surface area (Å²) < 4.78 is 6.19. The summed E-state index contributed by atoms with van der Waals surface area (Å²) in [6.45, 7) is 10.3. The van der Waals surface area contributed by atoms with E-state index in [2.05, 4.69) is 43.1 Å². The van der Waals surface area contributed by atoms with Crippen molar-refractivity contribution < 1.29 is 4.74 Å². The third-order valence-electron chi connectivity index (χ3n) is 4.74. The van der Waals surface area contributed by atoms with Crippen LogP contribution in [0.15, 0.2) is 0 Å². The van der Waals surface area contributed by atoms with E-state index in [9.17, 15) is 0 Å². The van der Waals surface area contributed by atoms with E-state index in [4.69, 9.17) is 4.74 Å². The van der Waals surface area contributed by atoms with Crippen molar-refractivity contribution in [1.29, 1.82) is 0 Å². The van der Waals surface area contributed by atoms with Gasteiger partial charge in [0.2, 0.25) is 0 Å². The van der Waals surface area contributed by atoms with Gasteiger partial charge in [-0.05, 0) is 58.8 Å². The molecule has 2 unspecified atom stereocenters. The SMILES string of the molecule is CC(C)NCC1CCC(CN2CCC(CN(C)C)CC2)O1. The number of hydrogen-bond acceptors (Lipinski definition) is 4. The Balaban J connectivity index is 1.61. The van der Waals surface area contributed by atoms with E-state index >= 15 is 0 Å². The molecule has 4 heteroatoms. The smallest absolute Gasteiger partial charge is 0.0707 e. The zero-order valence-corrected chi connectivity index (χ0v) is 14.5. The number of piperidine rings is 1. The highest BCUT2D eigenvalue weighted by Gasteiger charge is 2.28. The van der Waals surface area contributed by atoms with Crippen molar-refractivity contribution in [2.75, 3.05) is 46.8 Å². The lowest BCUT2D eigenvalue weighted by molar-refractivity contribution is 0.0151. The fraction of sp³-hybridized carbons (Fsp3) is 1.00. The lowest BCUT2D eigenvalue weighted by Gasteiger charge is -2.34. The van der Waals surface area contributed by atoms with Crippen LogP contribution >= 0.6 is 0 Å². The molecule has 21 heavy (non-hydrogen) atoms. The number of likely N-dealkylation sites (tertiary alicyclic amines) is 1. The van der Waals surface area contributed by atoms with Crippen LogP contribution in [0.25, 0.3) is 0 Å². The van der Waals surface area contributed by atoms with E-state index in [1.807, 2.05) is 0 Å². The molecule has 2 heterocycles. The topological polar surface area (TPSA) is 27.7 Å². The van der Waals surface area contributed by atoms with Gasteiger partial charge in [-0.25, -0.2) is 0 Å². The van der Waals surface area contributed by atoms with Crippen molar-refractivity contribution in [2.24, 2.45) is 5.92 Å². The summed E-state index contributed by atoms with van der Waals surface area (Å²) in [5.41, 5.74) is 0. The number of ether oxygens (including phenoxy) is 1. The van der Waals surface area contributed by atoms with Crippen molar-refractivity contribution in [3.8, 4) is 0 Å². The van der Waals surface area contributed by atoms with E-state index in [-0.39, 0.29) is 0 Å². The van der Waals surface area contributed by atoms with Gasteiger partial charge in [0.1, 0.15) is 0 Å². The Hall–Kier alpha value is -0.160. The van der Waals surface area contributed by atoms with Gasteiger partial charge in [0.25, 0.3) is 0 Å². The second kappa shape index (κ2) is 8.47. The molecule has 0 bridgehead atoms. The maximum absolute atomic E-state index is 6.19. The van der Waals surface area contributed by atoms with E-state index in [1.54, 1.807) is 0 Å². The highest BCUT2D eigenvalue weighted by molar-refractivity contribution is 4.81. The Morgan fingerprint density at radius 3 is 2.38 bits per heavy atom. The third kappa shape index (κ3) is 6.23. The van der Waals surface area contributed by atoms with Crippen LogP contribution in [0.5, 0.6) is 0 Å². The quantitative estimate of drug-likeness (QED) is 0.775. The fourth-order valence-electron chi connectivity index (χ4n) is 3.59. The van der Waals surface area contributed by atoms with Gasteiger partial charge in [-0.1, -0.05) is 13.8 Å². The zero-order valence-electron chi connectivity index (χ0n) is 14.5. The van der Waals surface area contributed by atoms with E-state index in [0.29, 0.717) is 18.2 Å². The van der Waals surface area contributed by atoms with Crippen LogP contribution in [0.3, 0.4) is 0 Å². The van der Waals surface area contributed by atoms with Crippen LogP contribution in [0.1, 0.15) is 39.5 Å². The molecule has 0 radical (unpaired) electrons. The molecule has 0 aliphatic carbocycles. The second-order valence-corrected chi connectivity index (χ2v) is 7.53. The molecular formula is C17H35N3O. The number of nitrogens with zero attached hydrogens (tertiary/aromatic N) is 2. The van der Waals surface area contributed by atoms with Crippen molar-refractivity contribution in [3.63, 3.8) is 0 Å². The Bertz CT molecular complexity index is 288.